The third kappa shape index (κ3) is 4.64. The van der Waals surface area contributed by atoms with Gasteiger partial charge in [0.2, 0.25) is 0 Å². The first-order valence-electron chi connectivity index (χ1n) is 8.53. The Labute approximate surface area is 170 Å². The molecule has 3 rings (SSSR count). The van der Waals surface area contributed by atoms with E-state index in [0.717, 1.165) is 0 Å². The summed E-state index contributed by atoms with van der Waals surface area (Å²) < 4.78 is 26.5. The van der Waals surface area contributed by atoms with Crippen molar-refractivity contribution in [1.29, 1.82) is 0 Å². The number of nitrogens with one attached hydrogen (secondary N) is 2. The SMILES string of the molecule is COCCOc1ccc(Cl)c(C(=O)c2c[nH]c(C(=O)Nc3cnn(C)c3)c2)c1F. The highest BCUT2D eigenvalue weighted by atomic mass is 35.5. The Hall–Kier alpha value is -3.17. The van der Waals surface area contributed by atoms with E-state index in [4.69, 9.17) is 21.1 Å². The van der Waals surface area contributed by atoms with E-state index in [1.807, 2.05) is 0 Å². The molecular weight excluding hydrogens is 403 g/mol. The van der Waals surface area contributed by atoms with Crippen molar-refractivity contribution in [3.05, 3.63) is 64.5 Å². The molecule has 2 N–H and O–H groups in total. The number of nitrogens with zero attached hydrogens (tertiary/aromatic N) is 2. The molecule has 152 valence electrons. The maximum atomic E-state index is 14.8. The van der Waals surface area contributed by atoms with E-state index in [1.165, 1.54) is 42.4 Å². The fourth-order valence-corrected chi connectivity index (χ4v) is 2.80. The van der Waals surface area contributed by atoms with Gasteiger partial charge in [0, 0.05) is 32.1 Å². The van der Waals surface area contributed by atoms with Crippen molar-refractivity contribution in [1.82, 2.24) is 14.8 Å². The van der Waals surface area contributed by atoms with Gasteiger partial charge in [0.1, 0.15) is 12.3 Å². The molecule has 8 nitrogen and oxygen atoms in total. The number of hydrogen-bond acceptors (Lipinski definition) is 5. The molecule has 0 unspecified atom stereocenters. The van der Waals surface area contributed by atoms with Gasteiger partial charge >= 0.3 is 0 Å². The van der Waals surface area contributed by atoms with Crippen molar-refractivity contribution in [3.63, 3.8) is 0 Å². The molecule has 0 aliphatic heterocycles. The average Bonchev–Trinajstić information content (AvgIpc) is 3.33. The van der Waals surface area contributed by atoms with Crippen LogP contribution in [0.5, 0.6) is 5.75 Å². The molecular formula is C19H18ClFN4O4. The molecule has 2 aromatic heterocycles. The summed E-state index contributed by atoms with van der Waals surface area (Å²) in [7, 11) is 3.21. The summed E-state index contributed by atoms with van der Waals surface area (Å²) in [4.78, 5) is 27.8. The summed E-state index contributed by atoms with van der Waals surface area (Å²) in [6.45, 7) is 0.379. The minimum Gasteiger partial charge on any atom is -0.488 e. The number of halogens is 2. The number of aromatic amines is 1. The number of aromatic nitrogens is 3. The molecule has 0 bridgehead atoms. The van der Waals surface area contributed by atoms with E-state index in [9.17, 15) is 14.0 Å². The molecule has 29 heavy (non-hydrogen) atoms. The standard InChI is InChI=1S/C19H18ClFN4O4/c1-25-10-12(9-23-25)24-19(27)14-7-11(8-22-14)18(26)16-13(20)3-4-15(17(16)21)29-6-5-28-2/h3-4,7-10,22H,5-6H2,1-2H3,(H,24,27). The van der Waals surface area contributed by atoms with Gasteiger partial charge in [0.15, 0.2) is 17.3 Å². The van der Waals surface area contributed by atoms with Crippen LogP contribution in [0.2, 0.25) is 5.02 Å². The maximum absolute atomic E-state index is 14.8. The first-order chi connectivity index (χ1) is 13.9. The second kappa shape index (κ2) is 8.89. The van der Waals surface area contributed by atoms with Crippen LogP contribution in [-0.2, 0) is 11.8 Å². The Morgan fingerprint density at radius 1 is 1.34 bits per heavy atom. The highest BCUT2D eigenvalue weighted by Gasteiger charge is 2.23. The van der Waals surface area contributed by atoms with Crippen LogP contribution in [0.15, 0.2) is 36.8 Å². The highest BCUT2D eigenvalue weighted by Crippen LogP contribution is 2.29. The van der Waals surface area contributed by atoms with Crippen molar-refractivity contribution < 1.29 is 23.5 Å². The van der Waals surface area contributed by atoms with Crippen LogP contribution in [0.25, 0.3) is 0 Å². The number of benzene rings is 1. The van der Waals surface area contributed by atoms with Crippen LogP contribution in [0.3, 0.4) is 0 Å². The molecule has 1 aromatic carbocycles. The van der Waals surface area contributed by atoms with Crippen molar-refractivity contribution in [2.75, 3.05) is 25.6 Å². The molecule has 0 aliphatic carbocycles. The molecule has 0 saturated carbocycles. The van der Waals surface area contributed by atoms with E-state index in [2.05, 4.69) is 15.4 Å². The lowest BCUT2D eigenvalue weighted by Crippen LogP contribution is -2.12. The number of methoxy groups -OCH3 is 1. The number of ether oxygens (including phenoxy) is 2. The van der Waals surface area contributed by atoms with Crippen molar-refractivity contribution in [2.45, 2.75) is 0 Å². The lowest BCUT2D eigenvalue weighted by molar-refractivity contribution is 0.102. The van der Waals surface area contributed by atoms with Crippen LogP contribution in [0.1, 0.15) is 26.4 Å². The summed E-state index contributed by atoms with van der Waals surface area (Å²) in [5, 5.41) is 6.53. The Kier molecular flexibility index (Phi) is 6.30. The van der Waals surface area contributed by atoms with Gasteiger partial charge in [-0.2, -0.15) is 5.10 Å². The topological polar surface area (TPSA) is 98.2 Å². The lowest BCUT2D eigenvalue weighted by atomic mass is 10.0. The largest absolute Gasteiger partial charge is 0.488 e. The van der Waals surface area contributed by atoms with Crippen LogP contribution >= 0.6 is 11.6 Å². The molecule has 3 aromatic rings. The first kappa shape index (κ1) is 20.6. The summed E-state index contributed by atoms with van der Waals surface area (Å²) in [6, 6.07) is 4.04. The fraction of sp³-hybridized carbons (Fsp3) is 0.211. The molecule has 0 aliphatic rings. The summed E-state index contributed by atoms with van der Waals surface area (Å²) in [5.74, 6) is -2.14. The Bertz CT molecular complexity index is 1050. The van der Waals surface area contributed by atoms with Crippen molar-refractivity contribution >= 4 is 29.0 Å². The Morgan fingerprint density at radius 3 is 2.83 bits per heavy atom. The number of aryl methyl sites for hydroxylation is 1. The summed E-state index contributed by atoms with van der Waals surface area (Å²) >= 11 is 6.05. The second-order valence-electron chi connectivity index (χ2n) is 6.06. The average molecular weight is 421 g/mol. The van der Waals surface area contributed by atoms with Gasteiger partial charge in [0.05, 0.1) is 29.1 Å². The first-order valence-corrected chi connectivity index (χ1v) is 8.91. The highest BCUT2D eigenvalue weighted by molar-refractivity contribution is 6.35. The molecule has 0 saturated heterocycles. The van der Waals surface area contributed by atoms with Gasteiger partial charge in [-0.25, -0.2) is 4.39 Å². The zero-order valence-electron chi connectivity index (χ0n) is 15.7. The molecule has 0 radical (unpaired) electrons. The third-order valence-electron chi connectivity index (χ3n) is 3.98. The van der Waals surface area contributed by atoms with Crippen LogP contribution < -0.4 is 10.1 Å². The van der Waals surface area contributed by atoms with E-state index in [1.54, 1.807) is 13.2 Å². The number of anilines is 1. The zero-order chi connectivity index (χ0) is 21.0. The quantitative estimate of drug-likeness (QED) is 0.431. The van der Waals surface area contributed by atoms with Gasteiger partial charge in [-0.1, -0.05) is 11.6 Å². The number of amides is 1. The van der Waals surface area contributed by atoms with Crippen LogP contribution in [-0.4, -0.2) is 46.8 Å². The van der Waals surface area contributed by atoms with Crippen LogP contribution in [0.4, 0.5) is 10.1 Å². The molecule has 0 atom stereocenters. The Balaban J connectivity index is 1.80. The van der Waals surface area contributed by atoms with Crippen molar-refractivity contribution in [2.24, 2.45) is 7.05 Å². The van der Waals surface area contributed by atoms with E-state index >= 15 is 0 Å². The molecule has 0 spiro atoms. The third-order valence-corrected chi connectivity index (χ3v) is 4.30. The minimum atomic E-state index is -0.874. The van der Waals surface area contributed by atoms with E-state index in [-0.39, 0.29) is 40.8 Å². The molecule has 2 heterocycles. The van der Waals surface area contributed by atoms with Crippen molar-refractivity contribution in [3.8, 4) is 5.75 Å². The fourth-order valence-electron chi connectivity index (χ4n) is 2.57. The van der Waals surface area contributed by atoms with E-state index in [0.29, 0.717) is 5.69 Å². The number of carbonyl (C=O) groups excluding carboxylic acids is 2. The van der Waals surface area contributed by atoms with Gasteiger partial charge in [-0.05, 0) is 18.2 Å². The molecule has 0 fully saturated rings. The zero-order valence-corrected chi connectivity index (χ0v) is 16.4. The van der Waals surface area contributed by atoms with Gasteiger partial charge in [-0.15, -0.1) is 0 Å². The molecule has 1 amide bonds. The predicted octanol–water partition coefficient (Wildman–Crippen LogP) is 3.05. The molecule has 10 heteroatoms. The minimum absolute atomic E-state index is 0.0610. The van der Waals surface area contributed by atoms with Crippen LogP contribution in [0, 0.1) is 5.82 Å². The monoisotopic (exact) mass is 420 g/mol. The number of H-pyrrole nitrogens is 1. The summed E-state index contributed by atoms with van der Waals surface area (Å²) in [5.41, 5.74) is 0.368. The number of hydrogen-bond donors (Lipinski definition) is 2. The lowest BCUT2D eigenvalue weighted by Gasteiger charge is -2.10. The number of rotatable bonds is 8. The van der Waals surface area contributed by atoms with Gasteiger partial charge in [0.25, 0.3) is 5.91 Å². The smallest absolute Gasteiger partial charge is 0.272 e. The maximum Gasteiger partial charge on any atom is 0.272 e. The second-order valence-corrected chi connectivity index (χ2v) is 6.47. The van der Waals surface area contributed by atoms with Gasteiger partial charge < -0.3 is 19.8 Å². The number of ketones is 1. The van der Waals surface area contributed by atoms with E-state index < -0.39 is 17.5 Å². The normalized spacial score (nSPS) is 10.8. The number of carbonyl (C=O) groups is 2. The summed E-state index contributed by atoms with van der Waals surface area (Å²) in [6.07, 6.45) is 4.42. The van der Waals surface area contributed by atoms with Gasteiger partial charge in [-0.3, -0.25) is 14.3 Å². The predicted molar refractivity (Wildman–Crippen MR) is 104 cm³/mol. The Morgan fingerprint density at radius 2 is 2.14 bits per heavy atom.